The minimum absolute atomic E-state index is 0.0892. The molecule has 10 rings (SSSR count). The highest BCUT2D eigenvalue weighted by Crippen LogP contribution is 2.54. The van der Waals surface area contributed by atoms with Crippen molar-refractivity contribution in [2.45, 2.75) is 45.4 Å². The first-order valence-corrected chi connectivity index (χ1v) is 18.1. The normalized spacial score (nSPS) is 14.0. The SMILES string of the molecule is CC(C)(C)c1ccc2c(c1)-c1ccc3c(oc4ccc(-c5c6ccccc6c(-c6ccc7sccc7c6)c6ccccc56)cc43)c1C2(C)C. The lowest BCUT2D eigenvalue weighted by molar-refractivity contribution is 0.588. The van der Waals surface area contributed by atoms with Gasteiger partial charge in [0.05, 0.1) is 0 Å². The van der Waals surface area contributed by atoms with Gasteiger partial charge in [-0.1, -0.05) is 120 Å². The van der Waals surface area contributed by atoms with Gasteiger partial charge in [0.15, 0.2) is 0 Å². The van der Waals surface area contributed by atoms with E-state index in [1.54, 1.807) is 11.3 Å². The highest BCUT2D eigenvalue weighted by Gasteiger charge is 2.39. The molecule has 1 nitrogen and oxygen atoms in total. The predicted molar refractivity (Wildman–Crippen MR) is 211 cm³/mol. The van der Waals surface area contributed by atoms with Crippen LogP contribution in [0.15, 0.2) is 131 Å². The quantitative estimate of drug-likeness (QED) is 0.170. The lowest BCUT2D eigenvalue weighted by atomic mass is 9.80. The fourth-order valence-corrected chi connectivity index (χ4v) is 9.40. The van der Waals surface area contributed by atoms with Crippen molar-refractivity contribution < 1.29 is 4.42 Å². The van der Waals surface area contributed by atoms with E-state index in [4.69, 9.17) is 4.42 Å². The number of fused-ring (bicyclic) bond motifs is 10. The van der Waals surface area contributed by atoms with Crippen molar-refractivity contribution >= 4 is 64.9 Å². The van der Waals surface area contributed by atoms with Gasteiger partial charge in [0.1, 0.15) is 11.2 Å². The second-order valence-corrected chi connectivity index (χ2v) is 16.3. The first-order valence-electron chi connectivity index (χ1n) is 17.2. The third-order valence-electron chi connectivity index (χ3n) is 11.1. The first kappa shape index (κ1) is 28.8. The Labute approximate surface area is 290 Å². The molecular weight excluding hydrogens is 613 g/mol. The summed E-state index contributed by atoms with van der Waals surface area (Å²) in [5.74, 6) is 0. The van der Waals surface area contributed by atoms with Gasteiger partial charge in [-0.2, -0.15) is 0 Å². The lowest BCUT2D eigenvalue weighted by Crippen LogP contribution is -2.16. The van der Waals surface area contributed by atoms with E-state index in [9.17, 15) is 0 Å². The molecule has 0 radical (unpaired) electrons. The number of hydrogen-bond acceptors (Lipinski definition) is 2. The topological polar surface area (TPSA) is 13.1 Å². The van der Waals surface area contributed by atoms with Gasteiger partial charge in [0, 0.05) is 26.5 Å². The zero-order chi connectivity index (χ0) is 33.2. The van der Waals surface area contributed by atoms with Crippen molar-refractivity contribution in [2.75, 3.05) is 0 Å². The molecule has 0 saturated heterocycles. The molecule has 236 valence electrons. The van der Waals surface area contributed by atoms with Crippen molar-refractivity contribution in [2.24, 2.45) is 0 Å². The largest absolute Gasteiger partial charge is 0.456 e. The molecule has 0 aliphatic heterocycles. The van der Waals surface area contributed by atoms with Crippen LogP contribution in [0.3, 0.4) is 0 Å². The summed E-state index contributed by atoms with van der Waals surface area (Å²) in [6.07, 6.45) is 0. The molecule has 0 fully saturated rings. The van der Waals surface area contributed by atoms with Crippen molar-refractivity contribution in [1.82, 2.24) is 0 Å². The summed E-state index contributed by atoms with van der Waals surface area (Å²) in [5.41, 5.74) is 13.6. The van der Waals surface area contributed by atoms with Crippen LogP contribution in [0.25, 0.3) is 87.0 Å². The fraction of sp³-hybridized carbons (Fsp3) is 0.149. The summed E-state index contributed by atoms with van der Waals surface area (Å²) in [4.78, 5) is 0. The van der Waals surface area contributed by atoms with Crippen LogP contribution >= 0.6 is 11.3 Å². The molecule has 0 saturated carbocycles. The zero-order valence-electron chi connectivity index (χ0n) is 28.4. The van der Waals surface area contributed by atoms with Crippen LogP contribution in [0.4, 0.5) is 0 Å². The van der Waals surface area contributed by atoms with Gasteiger partial charge in [-0.05, 0) is 119 Å². The summed E-state index contributed by atoms with van der Waals surface area (Å²) in [6.45, 7) is 11.6. The average Bonchev–Trinajstić information content (AvgIpc) is 3.78. The molecule has 0 bridgehead atoms. The molecule has 9 aromatic rings. The zero-order valence-corrected chi connectivity index (χ0v) is 29.3. The maximum Gasteiger partial charge on any atom is 0.140 e. The molecule has 0 amide bonds. The first-order chi connectivity index (χ1) is 23.7. The predicted octanol–water partition coefficient (Wildman–Crippen LogP) is 14.0. The molecule has 0 unspecified atom stereocenters. The monoisotopic (exact) mass is 648 g/mol. The van der Waals surface area contributed by atoms with E-state index in [-0.39, 0.29) is 10.8 Å². The highest BCUT2D eigenvalue weighted by atomic mass is 32.1. The Bertz CT molecular complexity index is 2780. The van der Waals surface area contributed by atoms with Crippen LogP contribution in [0.1, 0.15) is 51.3 Å². The molecule has 0 spiro atoms. The number of thiophene rings is 1. The summed E-state index contributed by atoms with van der Waals surface area (Å²) in [5, 5.41) is 10.9. The third kappa shape index (κ3) is 4.04. The smallest absolute Gasteiger partial charge is 0.140 e. The van der Waals surface area contributed by atoms with Gasteiger partial charge in [0.25, 0.3) is 0 Å². The Morgan fingerprint density at radius 3 is 1.90 bits per heavy atom. The molecular formula is C47H36OS. The van der Waals surface area contributed by atoms with E-state index < -0.39 is 0 Å². The highest BCUT2D eigenvalue weighted by molar-refractivity contribution is 7.17. The molecule has 7 aromatic carbocycles. The summed E-state index contributed by atoms with van der Waals surface area (Å²) in [6, 6.07) is 45.5. The second-order valence-electron chi connectivity index (χ2n) is 15.3. The molecule has 2 heterocycles. The van der Waals surface area contributed by atoms with Gasteiger partial charge >= 0.3 is 0 Å². The Balaban J connectivity index is 1.21. The molecule has 49 heavy (non-hydrogen) atoms. The maximum atomic E-state index is 6.83. The number of rotatable bonds is 2. The van der Waals surface area contributed by atoms with Crippen LogP contribution in [0.2, 0.25) is 0 Å². The van der Waals surface area contributed by atoms with E-state index in [1.807, 2.05) is 0 Å². The number of furan rings is 1. The van der Waals surface area contributed by atoms with Crippen molar-refractivity contribution in [1.29, 1.82) is 0 Å². The van der Waals surface area contributed by atoms with Crippen molar-refractivity contribution in [3.8, 4) is 33.4 Å². The summed E-state index contributed by atoms with van der Waals surface area (Å²) in [7, 11) is 0. The molecule has 2 heteroatoms. The van der Waals surface area contributed by atoms with Gasteiger partial charge in [0.2, 0.25) is 0 Å². The van der Waals surface area contributed by atoms with Crippen LogP contribution in [0, 0.1) is 0 Å². The molecule has 0 atom stereocenters. The van der Waals surface area contributed by atoms with Gasteiger partial charge in [-0.25, -0.2) is 0 Å². The van der Waals surface area contributed by atoms with Crippen LogP contribution < -0.4 is 0 Å². The van der Waals surface area contributed by atoms with Crippen LogP contribution in [0.5, 0.6) is 0 Å². The van der Waals surface area contributed by atoms with Gasteiger partial charge < -0.3 is 4.42 Å². The van der Waals surface area contributed by atoms with Gasteiger partial charge in [-0.15, -0.1) is 11.3 Å². The Morgan fingerprint density at radius 1 is 0.571 bits per heavy atom. The number of benzene rings is 7. The summed E-state index contributed by atoms with van der Waals surface area (Å²) < 4.78 is 8.15. The minimum Gasteiger partial charge on any atom is -0.456 e. The Morgan fingerprint density at radius 2 is 1.22 bits per heavy atom. The maximum absolute atomic E-state index is 6.83. The Kier molecular flexibility index (Phi) is 5.84. The van der Waals surface area contributed by atoms with Gasteiger partial charge in [-0.3, -0.25) is 0 Å². The van der Waals surface area contributed by atoms with Crippen molar-refractivity contribution in [3.63, 3.8) is 0 Å². The van der Waals surface area contributed by atoms with E-state index in [1.165, 1.54) is 87.1 Å². The van der Waals surface area contributed by atoms with Crippen molar-refractivity contribution in [3.05, 3.63) is 143 Å². The fourth-order valence-electron chi connectivity index (χ4n) is 8.63. The molecule has 0 N–H and O–H groups in total. The molecule has 2 aromatic heterocycles. The van der Waals surface area contributed by atoms with Crippen LogP contribution in [-0.2, 0) is 10.8 Å². The lowest BCUT2D eigenvalue weighted by Gasteiger charge is -2.23. The average molecular weight is 649 g/mol. The third-order valence-corrected chi connectivity index (χ3v) is 12.0. The molecule has 1 aliphatic carbocycles. The molecule has 1 aliphatic rings. The van der Waals surface area contributed by atoms with E-state index >= 15 is 0 Å². The standard InChI is InChI=1S/C47H36OS/c1-46(2,3)30-16-19-39-37(26-30)35-17-18-36-38-25-29(14-20-40(38)48-45(36)44(35)47(39,4)5)43-33-12-8-6-10-31(33)42(32-11-7-9-13-34(32)43)28-15-21-41-27(24-28)22-23-49-41/h6-26H,1-5H3. The van der Waals surface area contributed by atoms with Crippen LogP contribution in [-0.4, -0.2) is 0 Å². The van der Waals surface area contributed by atoms with E-state index in [0.29, 0.717) is 0 Å². The van der Waals surface area contributed by atoms with E-state index in [0.717, 1.165) is 16.6 Å². The Hall–Kier alpha value is -5.18. The summed E-state index contributed by atoms with van der Waals surface area (Å²) >= 11 is 1.80. The minimum atomic E-state index is -0.161. The van der Waals surface area contributed by atoms with E-state index in [2.05, 4.69) is 161 Å². The number of hydrogen-bond donors (Lipinski definition) is 0. The second kappa shape index (κ2) is 9.94.